The lowest BCUT2D eigenvalue weighted by Gasteiger charge is -2.20. The van der Waals surface area contributed by atoms with Gasteiger partial charge in [-0.2, -0.15) is 0 Å². The molecule has 5 heteroatoms. The first-order valence-electron chi connectivity index (χ1n) is 6.26. The second-order valence-electron chi connectivity index (χ2n) is 4.17. The number of methoxy groups -OCH3 is 1. The molecule has 0 amide bonds. The number of aryl methyl sites for hydroxylation is 1. The standard InChI is InChI=1S/C14H18N4O/c1-4-16-12(11-5-6-15-9-10(11)2)13-14(19-3)18-8-7-17-13/h5-9,12,16H,4H2,1-3H3. The maximum Gasteiger partial charge on any atom is 0.237 e. The quantitative estimate of drug-likeness (QED) is 0.887. The van der Waals surface area contributed by atoms with Crippen LogP contribution in [0.25, 0.3) is 0 Å². The molecule has 0 saturated carbocycles. The maximum atomic E-state index is 5.30. The average molecular weight is 258 g/mol. The van der Waals surface area contributed by atoms with Gasteiger partial charge < -0.3 is 10.1 Å². The summed E-state index contributed by atoms with van der Waals surface area (Å²) in [5.74, 6) is 0.546. The second kappa shape index (κ2) is 6.24. The topological polar surface area (TPSA) is 59.9 Å². The second-order valence-corrected chi connectivity index (χ2v) is 4.17. The molecular formula is C14H18N4O. The van der Waals surface area contributed by atoms with E-state index >= 15 is 0 Å². The number of ether oxygens (including phenoxy) is 1. The summed E-state index contributed by atoms with van der Waals surface area (Å²) in [6.45, 7) is 4.92. The molecular weight excluding hydrogens is 240 g/mol. The Morgan fingerprint density at radius 2 is 2.05 bits per heavy atom. The molecule has 0 saturated heterocycles. The van der Waals surface area contributed by atoms with Gasteiger partial charge >= 0.3 is 0 Å². The largest absolute Gasteiger partial charge is 0.480 e. The summed E-state index contributed by atoms with van der Waals surface area (Å²) in [5.41, 5.74) is 3.04. The van der Waals surface area contributed by atoms with Crippen LogP contribution in [0.15, 0.2) is 30.9 Å². The van der Waals surface area contributed by atoms with Gasteiger partial charge in [-0.15, -0.1) is 0 Å². The van der Waals surface area contributed by atoms with Crippen molar-refractivity contribution in [3.05, 3.63) is 47.7 Å². The summed E-state index contributed by atoms with van der Waals surface area (Å²) in [6.07, 6.45) is 6.95. The van der Waals surface area contributed by atoms with E-state index in [1.54, 1.807) is 25.7 Å². The van der Waals surface area contributed by atoms with Gasteiger partial charge in [0.1, 0.15) is 5.69 Å². The van der Waals surface area contributed by atoms with Crippen molar-refractivity contribution in [1.82, 2.24) is 20.3 Å². The van der Waals surface area contributed by atoms with Crippen LogP contribution in [0.3, 0.4) is 0 Å². The van der Waals surface area contributed by atoms with E-state index in [9.17, 15) is 0 Å². The lowest BCUT2D eigenvalue weighted by atomic mass is 10.0. The highest BCUT2D eigenvalue weighted by Crippen LogP contribution is 2.27. The van der Waals surface area contributed by atoms with Crippen molar-refractivity contribution in [2.24, 2.45) is 0 Å². The van der Waals surface area contributed by atoms with Crippen molar-refractivity contribution in [2.75, 3.05) is 13.7 Å². The third-order valence-electron chi connectivity index (χ3n) is 2.94. The van der Waals surface area contributed by atoms with Crippen molar-refractivity contribution < 1.29 is 4.74 Å². The summed E-state index contributed by atoms with van der Waals surface area (Å²) >= 11 is 0. The Balaban J connectivity index is 2.49. The number of hydrogen-bond donors (Lipinski definition) is 1. The number of hydrogen-bond acceptors (Lipinski definition) is 5. The highest BCUT2D eigenvalue weighted by atomic mass is 16.5. The first-order valence-corrected chi connectivity index (χ1v) is 6.26. The predicted octanol–water partition coefficient (Wildman–Crippen LogP) is 1.89. The van der Waals surface area contributed by atoms with Crippen LogP contribution in [0.5, 0.6) is 5.88 Å². The Kier molecular flexibility index (Phi) is 4.41. The van der Waals surface area contributed by atoms with E-state index < -0.39 is 0 Å². The minimum Gasteiger partial charge on any atom is -0.480 e. The predicted molar refractivity (Wildman–Crippen MR) is 73.1 cm³/mol. The lowest BCUT2D eigenvalue weighted by molar-refractivity contribution is 0.383. The molecule has 2 rings (SSSR count). The zero-order valence-corrected chi connectivity index (χ0v) is 11.4. The summed E-state index contributed by atoms with van der Waals surface area (Å²) in [4.78, 5) is 12.8. The number of pyridine rings is 1. The Morgan fingerprint density at radius 1 is 1.26 bits per heavy atom. The third kappa shape index (κ3) is 2.88. The molecule has 19 heavy (non-hydrogen) atoms. The van der Waals surface area contributed by atoms with Crippen molar-refractivity contribution in [3.63, 3.8) is 0 Å². The highest BCUT2D eigenvalue weighted by Gasteiger charge is 2.21. The minimum absolute atomic E-state index is 0.0448. The fourth-order valence-electron chi connectivity index (χ4n) is 2.06. The first-order chi connectivity index (χ1) is 9.27. The molecule has 100 valence electrons. The number of rotatable bonds is 5. The number of nitrogens with one attached hydrogen (secondary N) is 1. The van der Waals surface area contributed by atoms with E-state index in [-0.39, 0.29) is 6.04 Å². The van der Waals surface area contributed by atoms with Gasteiger partial charge in [-0.1, -0.05) is 6.92 Å². The number of aromatic nitrogens is 3. The molecule has 0 radical (unpaired) electrons. The molecule has 0 bridgehead atoms. The average Bonchev–Trinajstić information content (AvgIpc) is 2.46. The molecule has 5 nitrogen and oxygen atoms in total. The molecule has 2 heterocycles. The molecule has 0 aliphatic carbocycles. The normalized spacial score (nSPS) is 12.2. The van der Waals surface area contributed by atoms with Crippen LogP contribution in [0.1, 0.15) is 29.8 Å². The number of nitrogens with zero attached hydrogens (tertiary/aromatic N) is 3. The molecule has 2 aromatic rings. The van der Waals surface area contributed by atoms with Crippen molar-refractivity contribution in [2.45, 2.75) is 19.9 Å². The van der Waals surface area contributed by atoms with Crippen molar-refractivity contribution >= 4 is 0 Å². The van der Waals surface area contributed by atoms with Crippen molar-refractivity contribution in [1.29, 1.82) is 0 Å². The van der Waals surface area contributed by atoms with Crippen LogP contribution in [-0.4, -0.2) is 28.6 Å². The molecule has 0 fully saturated rings. The first kappa shape index (κ1) is 13.4. The Labute approximate surface area is 113 Å². The van der Waals surface area contributed by atoms with Gasteiger partial charge in [0.25, 0.3) is 0 Å². The van der Waals surface area contributed by atoms with Gasteiger partial charge in [0.05, 0.1) is 13.2 Å². The summed E-state index contributed by atoms with van der Waals surface area (Å²) in [6, 6.07) is 1.95. The maximum absolute atomic E-state index is 5.30. The van der Waals surface area contributed by atoms with Gasteiger partial charge in [-0.05, 0) is 30.7 Å². The zero-order chi connectivity index (χ0) is 13.7. The molecule has 2 aromatic heterocycles. The fourth-order valence-corrected chi connectivity index (χ4v) is 2.06. The summed E-state index contributed by atoms with van der Waals surface area (Å²) in [7, 11) is 1.61. The van der Waals surface area contributed by atoms with E-state index in [1.165, 1.54) is 0 Å². The van der Waals surface area contributed by atoms with Crippen LogP contribution in [-0.2, 0) is 0 Å². The molecule has 0 spiro atoms. The minimum atomic E-state index is -0.0448. The van der Waals surface area contributed by atoms with Crippen LogP contribution in [0, 0.1) is 6.92 Å². The molecule has 1 atom stereocenters. The monoisotopic (exact) mass is 258 g/mol. The van der Waals surface area contributed by atoms with E-state index in [0.717, 1.165) is 23.4 Å². The van der Waals surface area contributed by atoms with E-state index in [4.69, 9.17) is 4.74 Å². The molecule has 1 N–H and O–H groups in total. The highest BCUT2D eigenvalue weighted by molar-refractivity contribution is 5.35. The van der Waals surface area contributed by atoms with Gasteiger partial charge in [0, 0.05) is 24.8 Å². The smallest absolute Gasteiger partial charge is 0.237 e. The Bertz CT molecular complexity index is 544. The van der Waals surface area contributed by atoms with E-state index in [2.05, 4.69) is 27.2 Å². The van der Waals surface area contributed by atoms with Crippen LogP contribution in [0.4, 0.5) is 0 Å². The van der Waals surface area contributed by atoms with E-state index in [1.807, 2.05) is 19.2 Å². The van der Waals surface area contributed by atoms with Crippen LogP contribution >= 0.6 is 0 Å². The van der Waals surface area contributed by atoms with Crippen LogP contribution < -0.4 is 10.1 Å². The van der Waals surface area contributed by atoms with Gasteiger partial charge in [0.15, 0.2) is 0 Å². The fraction of sp³-hybridized carbons (Fsp3) is 0.357. The Hall–Kier alpha value is -2.01. The van der Waals surface area contributed by atoms with Crippen LogP contribution in [0.2, 0.25) is 0 Å². The Morgan fingerprint density at radius 3 is 2.74 bits per heavy atom. The molecule has 1 unspecified atom stereocenters. The summed E-state index contributed by atoms with van der Waals surface area (Å²) in [5, 5.41) is 3.42. The van der Waals surface area contributed by atoms with E-state index in [0.29, 0.717) is 5.88 Å². The summed E-state index contributed by atoms with van der Waals surface area (Å²) < 4.78 is 5.30. The molecule has 0 aromatic carbocycles. The van der Waals surface area contributed by atoms with Crippen molar-refractivity contribution in [3.8, 4) is 5.88 Å². The zero-order valence-electron chi connectivity index (χ0n) is 11.4. The molecule has 0 aliphatic heterocycles. The lowest BCUT2D eigenvalue weighted by Crippen LogP contribution is -2.24. The van der Waals surface area contributed by atoms with Gasteiger partial charge in [-0.25, -0.2) is 4.98 Å². The third-order valence-corrected chi connectivity index (χ3v) is 2.94. The SMILES string of the molecule is CCNC(c1ccncc1C)c1nccnc1OC. The van der Waals surface area contributed by atoms with Gasteiger partial charge in [-0.3, -0.25) is 9.97 Å². The molecule has 0 aliphatic rings. The van der Waals surface area contributed by atoms with Gasteiger partial charge in [0.2, 0.25) is 5.88 Å².